The average Bonchev–Trinajstić information content (AvgIpc) is 2.07. The summed E-state index contributed by atoms with van der Waals surface area (Å²) in [5.41, 5.74) is 0.558. The van der Waals surface area contributed by atoms with Crippen LogP contribution in [0.1, 0.15) is 13.8 Å². The van der Waals surface area contributed by atoms with E-state index in [1.807, 2.05) is 0 Å². The minimum absolute atomic E-state index is 0.259. The van der Waals surface area contributed by atoms with E-state index in [9.17, 15) is 4.79 Å². The fourth-order valence-electron chi connectivity index (χ4n) is 1.08. The molecule has 1 aliphatic rings. The highest BCUT2D eigenvalue weighted by atomic mass is 16.6. The third-order valence-electron chi connectivity index (χ3n) is 1.67. The fraction of sp³-hybridized carbons (Fsp3) is 0.571. The van der Waals surface area contributed by atoms with Crippen molar-refractivity contribution in [2.24, 2.45) is 0 Å². The lowest BCUT2D eigenvalue weighted by Gasteiger charge is -2.09. The number of hydrogen-bond acceptors (Lipinski definition) is 4. The molecule has 2 N–H and O–H groups in total. The molecule has 0 amide bonds. The van der Waals surface area contributed by atoms with Gasteiger partial charge in [-0.2, -0.15) is 0 Å². The van der Waals surface area contributed by atoms with Crippen LogP contribution in [0.3, 0.4) is 0 Å². The van der Waals surface area contributed by atoms with Crippen LogP contribution in [0.25, 0.3) is 0 Å². The average molecular weight is 158 g/mol. The molecular formula is C7H10O4. The molecule has 0 fully saturated rings. The van der Waals surface area contributed by atoms with Gasteiger partial charge in [0.2, 0.25) is 6.29 Å². The van der Waals surface area contributed by atoms with Crippen LogP contribution >= 0.6 is 0 Å². The zero-order valence-electron chi connectivity index (χ0n) is 6.37. The summed E-state index contributed by atoms with van der Waals surface area (Å²) in [6, 6.07) is 0. The van der Waals surface area contributed by atoms with Crippen LogP contribution in [0.15, 0.2) is 11.1 Å². The summed E-state index contributed by atoms with van der Waals surface area (Å²) in [4.78, 5) is 10.7. The first-order valence-electron chi connectivity index (χ1n) is 3.32. The molecule has 1 aliphatic heterocycles. The van der Waals surface area contributed by atoms with Crippen LogP contribution < -0.4 is 0 Å². The Morgan fingerprint density at radius 2 is 2.18 bits per heavy atom. The maximum Gasteiger partial charge on any atom is 0.336 e. The topological polar surface area (TPSA) is 66.8 Å². The molecule has 2 atom stereocenters. The van der Waals surface area contributed by atoms with Crippen molar-refractivity contribution < 1.29 is 19.7 Å². The van der Waals surface area contributed by atoms with E-state index >= 15 is 0 Å². The van der Waals surface area contributed by atoms with Gasteiger partial charge in [-0.1, -0.05) is 0 Å². The van der Waals surface area contributed by atoms with Crippen LogP contribution in [-0.4, -0.2) is 28.6 Å². The summed E-state index contributed by atoms with van der Waals surface area (Å²) < 4.78 is 4.43. The number of rotatable bonds is 1. The second kappa shape index (κ2) is 2.64. The van der Waals surface area contributed by atoms with E-state index in [0.717, 1.165) is 0 Å². The number of carbonyl (C=O) groups excluding carboxylic acids is 1. The SMILES string of the molecule is CC1=C([C@@H](C)O)[C@@H](O)OC1=O. The number of aliphatic hydroxyl groups is 2. The number of ether oxygens (including phenoxy) is 1. The molecule has 11 heavy (non-hydrogen) atoms. The van der Waals surface area contributed by atoms with Gasteiger partial charge in [0.1, 0.15) is 0 Å². The van der Waals surface area contributed by atoms with E-state index in [1.165, 1.54) is 13.8 Å². The van der Waals surface area contributed by atoms with Crippen molar-refractivity contribution in [1.29, 1.82) is 0 Å². The van der Waals surface area contributed by atoms with E-state index < -0.39 is 18.4 Å². The Kier molecular flexibility index (Phi) is 1.97. The first-order valence-corrected chi connectivity index (χ1v) is 3.32. The van der Waals surface area contributed by atoms with E-state index in [-0.39, 0.29) is 5.57 Å². The zero-order valence-corrected chi connectivity index (χ0v) is 6.37. The monoisotopic (exact) mass is 158 g/mol. The molecule has 0 saturated heterocycles. The van der Waals surface area contributed by atoms with Gasteiger partial charge in [0, 0.05) is 11.1 Å². The van der Waals surface area contributed by atoms with Gasteiger partial charge in [0.25, 0.3) is 0 Å². The molecule has 1 heterocycles. The maximum absolute atomic E-state index is 10.7. The van der Waals surface area contributed by atoms with Crippen molar-refractivity contribution in [3.05, 3.63) is 11.1 Å². The molecule has 0 aromatic heterocycles. The predicted octanol–water partition coefficient (Wildman–Crippen LogP) is -0.441. The predicted molar refractivity (Wildman–Crippen MR) is 36.5 cm³/mol. The summed E-state index contributed by atoms with van der Waals surface area (Å²) >= 11 is 0. The van der Waals surface area contributed by atoms with Crippen LogP contribution in [0.4, 0.5) is 0 Å². The number of carbonyl (C=O) groups is 1. The van der Waals surface area contributed by atoms with Crippen LogP contribution in [-0.2, 0) is 9.53 Å². The molecular weight excluding hydrogens is 148 g/mol. The molecule has 4 heteroatoms. The second-order valence-corrected chi connectivity index (χ2v) is 2.51. The summed E-state index contributed by atoms with van der Waals surface area (Å²) in [7, 11) is 0. The molecule has 0 aromatic carbocycles. The van der Waals surface area contributed by atoms with Gasteiger partial charge in [-0.15, -0.1) is 0 Å². The third kappa shape index (κ3) is 1.27. The van der Waals surface area contributed by atoms with Crippen molar-refractivity contribution >= 4 is 5.97 Å². The van der Waals surface area contributed by atoms with E-state index in [1.54, 1.807) is 0 Å². The minimum atomic E-state index is -1.26. The molecule has 0 unspecified atom stereocenters. The lowest BCUT2D eigenvalue weighted by Crippen LogP contribution is -2.17. The zero-order chi connectivity index (χ0) is 8.59. The van der Waals surface area contributed by atoms with Gasteiger partial charge >= 0.3 is 5.97 Å². The maximum atomic E-state index is 10.7. The van der Waals surface area contributed by atoms with Crippen LogP contribution in [0.5, 0.6) is 0 Å². The van der Waals surface area contributed by atoms with Gasteiger partial charge in [-0.25, -0.2) is 4.79 Å². The number of cyclic esters (lactones) is 1. The lowest BCUT2D eigenvalue weighted by atomic mass is 10.1. The largest absolute Gasteiger partial charge is 0.428 e. The first-order chi connectivity index (χ1) is 5.04. The van der Waals surface area contributed by atoms with Crippen LogP contribution in [0.2, 0.25) is 0 Å². The second-order valence-electron chi connectivity index (χ2n) is 2.51. The highest BCUT2D eigenvalue weighted by Gasteiger charge is 2.32. The summed E-state index contributed by atoms with van der Waals surface area (Å²) in [6.07, 6.45) is -2.10. The first kappa shape index (κ1) is 8.23. The molecule has 0 spiro atoms. The van der Waals surface area contributed by atoms with Crippen LogP contribution in [0, 0.1) is 0 Å². The Morgan fingerprint density at radius 3 is 2.36 bits per heavy atom. The smallest absolute Gasteiger partial charge is 0.336 e. The van der Waals surface area contributed by atoms with Gasteiger partial charge in [-0.3, -0.25) is 0 Å². The van der Waals surface area contributed by atoms with Gasteiger partial charge in [-0.05, 0) is 13.8 Å². The summed E-state index contributed by atoms with van der Waals surface area (Å²) in [5.74, 6) is -0.562. The normalized spacial score (nSPS) is 27.3. The number of hydrogen-bond donors (Lipinski definition) is 2. The summed E-state index contributed by atoms with van der Waals surface area (Å²) in [6.45, 7) is 2.99. The number of aliphatic hydroxyl groups excluding tert-OH is 2. The van der Waals surface area contributed by atoms with Gasteiger partial charge < -0.3 is 14.9 Å². The fourth-order valence-corrected chi connectivity index (χ4v) is 1.08. The quantitative estimate of drug-likeness (QED) is 0.507. The highest BCUT2D eigenvalue weighted by Crippen LogP contribution is 2.23. The van der Waals surface area contributed by atoms with Crippen molar-refractivity contribution in [2.75, 3.05) is 0 Å². The van der Waals surface area contributed by atoms with Crippen molar-refractivity contribution in [3.8, 4) is 0 Å². The van der Waals surface area contributed by atoms with Crippen molar-refractivity contribution in [2.45, 2.75) is 26.2 Å². The standard InChI is InChI=1S/C7H10O4/c1-3-5(4(2)8)7(10)11-6(3)9/h4,7-8,10H,1-2H3/t4-,7+/m1/s1. The minimum Gasteiger partial charge on any atom is -0.428 e. The van der Waals surface area contributed by atoms with Gasteiger partial charge in [0.05, 0.1) is 6.10 Å². The Balaban J connectivity index is 2.97. The Hall–Kier alpha value is -0.870. The lowest BCUT2D eigenvalue weighted by molar-refractivity contribution is -0.152. The molecule has 1 rings (SSSR count). The van der Waals surface area contributed by atoms with E-state index in [2.05, 4.69) is 4.74 Å². The molecule has 0 aliphatic carbocycles. The van der Waals surface area contributed by atoms with Gasteiger partial charge in [0.15, 0.2) is 0 Å². The van der Waals surface area contributed by atoms with Crippen molar-refractivity contribution in [3.63, 3.8) is 0 Å². The molecule has 4 nitrogen and oxygen atoms in total. The molecule has 62 valence electrons. The Morgan fingerprint density at radius 1 is 1.64 bits per heavy atom. The summed E-state index contributed by atoms with van der Waals surface area (Å²) in [5, 5.41) is 18.1. The molecule has 0 radical (unpaired) electrons. The molecule has 0 saturated carbocycles. The molecule has 0 bridgehead atoms. The Bertz CT molecular complexity index is 216. The van der Waals surface area contributed by atoms with E-state index in [4.69, 9.17) is 10.2 Å². The van der Waals surface area contributed by atoms with Crippen molar-refractivity contribution in [1.82, 2.24) is 0 Å². The molecule has 0 aromatic rings. The van der Waals surface area contributed by atoms with E-state index in [0.29, 0.717) is 5.57 Å². The third-order valence-corrected chi connectivity index (χ3v) is 1.67. The number of esters is 1. The highest BCUT2D eigenvalue weighted by molar-refractivity contribution is 5.91. The Labute approximate surface area is 64.1 Å².